The van der Waals surface area contributed by atoms with Gasteiger partial charge in [-0.2, -0.15) is 0 Å². The molecule has 1 N–H and O–H groups in total. The number of hydrogen-bond donors (Lipinski definition) is 1. The summed E-state index contributed by atoms with van der Waals surface area (Å²) >= 11 is 0. The molecule has 0 bridgehead atoms. The fourth-order valence-corrected chi connectivity index (χ4v) is 1.69. The molecular formula is C9H16NO2. The van der Waals surface area contributed by atoms with Crippen molar-refractivity contribution in [3.63, 3.8) is 0 Å². The zero-order valence-corrected chi connectivity index (χ0v) is 7.33. The van der Waals surface area contributed by atoms with Crippen LogP contribution in [0, 0.1) is 5.92 Å². The van der Waals surface area contributed by atoms with Gasteiger partial charge >= 0.3 is 6.41 Å². The van der Waals surface area contributed by atoms with Gasteiger partial charge in [0.05, 0.1) is 0 Å². The molecule has 1 fully saturated rings. The van der Waals surface area contributed by atoms with Gasteiger partial charge in [0.25, 0.3) is 0 Å². The average Bonchev–Trinajstić information content (AvgIpc) is 2.15. The topological polar surface area (TPSA) is 40.5 Å². The normalized spacial score (nSPS) is 19.6. The SMILES string of the molecule is O=[C]N1CCC(CCCO)CC1. The molecule has 0 aromatic rings. The molecule has 0 aromatic heterocycles. The highest BCUT2D eigenvalue weighted by Gasteiger charge is 2.17. The van der Waals surface area contributed by atoms with Gasteiger partial charge in [0.15, 0.2) is 0 Å². The van der Waals surface area contributed by atoms with Gasteiger partial charge in [0, 0.05) is 19.7 Å². The van der Waals surface area contributed by atoms with Crippen molar-refractivity contribution in [3.8, 4) is 0 Å². The molecule has 69 valence electrons. The van der Waals surface area contributed by atoms with Crippen molar-refractivity contribution in [3.05, 3.63) is 0 Å². The van der Waals surface area contributed by atoms with Crippen molar-refractivity contribution < 1.29 is 9.90 Å². The zero-order valence-electron chi connectivity index (χ0n) is 7.33. The number of amides is 1. The fourth-order valence-electron chi connectivity index (χ4n) is 1.69. The Labute approximate surface area is 73.4 Å². The quantitative estimate of drug-likeness (QED) is 0.669. The van der Waals surface area contributed by atoms with Gasteiger partial charge in [-0.05, 0) is 31.6 Å². The van der Waals surface area contributed by atoms with Crippen LogP contribution >= 0.6 is 0 Å². The third kappa shape index (κ3) is 2.81. The first-order valence-corrected chi connectivity index (χ1v) is 4.60. The van der Waals surface area contributed by atoms with Crippen molar-refractivity contribution in [1.82, 2.24) is 4.90 Å². The van der Waals surface area contributed by atoms with Crippen LogP contribution in [0.3, 0.4) is 0 Å². The number of nitrogens with zero attached hydrogens (tertiary/aromatic N) is 1. The van der Waals surface area contributed by atoms with Crippen molar-refractivity contribution in [2.75, 3.05) is 19.7 Å². The summed E-state index contributed by atoms with van der Waals surface area (Å²) in [5, 5.41) is 8.62. The summed E-state index contributed by atoms with van der Waals surface area (Å²) in [5.41, 5.74) is 0. The maximum atomic E-state index is 10.2. The van der Waals surface area contributed by atoms with Crippen LogP contribution in [0.15, 0.2) is 0 Å². The lowest BCUT2D eigenvalue weighted by atomic mass is 9.93. The minimum Gasteiger partial charge on any atom is -0.396 e. The highest BCUT2D eigenvalue weighted by molar-refractivity contribution is 5.48. The lowest BCUT2D eigenvalue weighted by Crippen LogP contribution is -2.32. The monoisotopic (exact) mass is 170 g/mol. The van der Waals surface area contributed by atoms with E-state index in [0.717, 1.165) is 38.8 Å². The number of rotatable bonds is 4. The molecule has 1 aliphatic heterocycles. The van der Waals surface area contributed by atoms with Crippen LogP contribution < -0.4 is 0 Å². The summed E-state index contributed by atoms with van der Waals surface area (Å²) in [7, 11) is 0. The molecule has 1 rings (SSSR count). The second-order valence-electron chi connectivity index (χ2n) is 3.39. The fraction of sp³-hybridized carbons (Fsp3) is 0.889. The van der Waals surface area contributed by atoms with E-state index in [9.17, 15) is 4.79 Å². The van der Waals surface area contributed by atoms with Crippen molar-refractivity contribution in [1.29, 1.82) is 0 Å². The van der Waals surface area contributed by atoms with Crippen LogP contribution in [-0.2, 0) is 4.79 Å². The van der Waals surface area contributed by atoms with E-state index in [4.69, 9.17) is 5.11 Å². The second kappa shape index (κ2) is 5.14. The van der Waals surface area contributed by atoms with Gasteiger partial charge in [-0.1, -0.05) is 0 Å². The van der Waals surface area contributed by atoms with Crippen molar-refractivity contribution >= 4 is 6.41 Å². The van der Waals surface area contributed by atoms with E-state index in [2.05, 4.69) is 0 Å². The first kappa shape index (κ1) is 9.52. The summed E-state index contributed by atoms with van der Waals surface area (Å²) in [5.74, 6) is 0.710. The second-order valence-corrected chi connectivity index (χ2v) is 3.39. The number of aliphatic hydroxyl groups is 1. The molecule has 1 amide bonds. The van der Waals surface area contributed by atoms with Gasteiger partial charge in [-0.3, -0.25) is 4.79 Å². The Kier molecular flexibility index (Phi) is 4.08. The Balaban J connectivity index is 2.12. The van der Waals surface area contributed by atoms with Crippen LogP contribution in [0.2, 0.25) is 0 Å². The number of aliphatic hydroxyl groups excluding tert-OH is 1. The van der Waals surface area contributed by atoms with Crippen LogP contribution in [0.4, 0.5) is 0 Å². The highest BCUT2D eigenvalue weighted by atomic mass is 16.2. The number of hydrogen-bond acceptors (Lipinski definition) is 2. The van der Waals surface area contributed by atoms with Crippen LogP contribution in [0.1, 0.15) is 25.7 Å². The van der Waals surface area contributed by atoms with E-state index in [0.29, 0.717) is 12.5 Å². The molecule has 0 aliphatic carbocycles. The van der Waals surface area contributed by atoms with E-state index in [1.165, 1.54) is 0 Å². The first-order valence-electron chi connectivity index (χ1n) is 4.60. The standard InChI is InChI=1S/C9H16NO2/c11-7-1-2-9-3-5-10(8-12)6-4-9/h9,11H,1-7H2. The average molecular weight is 170 g/mol. The van der Waals surface area contributed by atoms with E-state index < -0.39 is 0 Å². The molecule has 3 nitrogen and oxygen atoms in total. The Morgan fingerprint density at radius 1 is 1.42 bits per heavy atom. The third-order valence-electron chi connectivity index (χ3n) is 2.51. The molecule has 1 saturated heterocycles. The van der Waals surface area contributed by atoms with E-state index in [-0.39, 0.29) is 0 Å². The predicted molar refractivity (Wildman–Crippen MR) is 46.3 cm³/mol. The molecule has 0 saturated carbocycles. The summed E-state index contributed by atoms with van der Waals surface area (Å²) in [6, 6.07) is 0. The summed E-state index contributed by atoms with van der Waals surface area (Å²) in [6.07, 6.45) is 6.07. The molecule has 1 aliphatic rings. The minimum absolute atomic E-state index is 0.292. The molecule has 3 heteroatoms. The zero-order chi connectivity index (χ0) is 8.81. The number of likely N-dealkylation sites (tertiary alicyclic amines) is 1. The van der Waals surface area contributed by atoms with Crippen LogP contribution in [0.25, 0.3) is 0 Å². The van der Waals surface area contributed by atoms with Gasteiger partial charge < -0.3 is 10.0 Å². The Morgan fingerprint density at radius 2 is 2.08 bits per heavy atom. The largest absolute Gasteiger partial charge is 0.396 e. The molecule has 12 heavy (non-hydrogen) atoms. The summed E-state index contributed by atoms with van der Waals surface area (Å²) in [4.78, 5) is 11.9. The van der Waals surface area contributed by atoms with Crippen molar-refractivity contribution in [2.45, 2.75) is 25.7 Å². The summed E-state index contributed by atoms with van der Waals surface area (Å²) in [6.45, 7) is 1.99. The van der Waals surface area contributed by atoms with Crippen LogP contribution in [-0.4, -0.2) is 36.1 Å². The van der Waals surface area contributed by atoms with E-state index in [1.54, 1.807) is 4.90 Å². The molecular weight excluding hydrogens is 154 g/mol. The Hall–Kier alpha value is -0.570. The van der Waals surface area contributed by atoms with Gasteiger partial charge in [-0.25, -0.2) is 0 Å². The maximum absolute atomic E-state index is 10.2. The number of carbonyl (C=O) groups excluding carboxylic acids is 1. The third-order valence-corrected chi connectivity index (χ3v) is 2.51. The predicted octanol–water partition coefficient (Wildman–Crippen LogP) is 0.538. The smallest absolute Gasteiger partial charge is 0.312 e. The Bertz CT molecular complexity index is 130. The molecule has 0 unspecified atom stereocenters. The molecule has 0 atom stereocenters. The lowest BCUT2D eigenvalue weighted by Gasteiger charge is -2.28. The summed E-state index contributed by atoms with van der Waals surface area (Å²) < 4.78 is 0. The van der Waals surface area contributed by atoms with E-state index >= 15 is 0 Å². The minimum atomic E-state index is 0.292. The van der Waals surface area contributed by atoms with Gasteiger partial charge in [0.1, 0.15) is 0 Å². The van der Waals surface area contributed by atoms with E-state index in [1.807, 2.05) is 6.41 Å². The first-order chi connectivity index (χ1) is 5.86. The van der Waals surface area contributed by atoms with Gasteiger partial charge in [0.2, 0.25) is 0 Å². The van der Waals surface area contributed by atoms with Crippen LogP contribution in [0.5, 0.6) is 0 Å². The molecule has 1 heterocycles. The number of piperidine rings is 1. The molecule has 1 radical (unpaired) electrons. The molecule has 0 aromatic carbocycles. The highest BCUT2D eigenvalue weighted by Crippen LogP contribution is 2.20. The van der Waals surface area contributed by atoms with Gasteiger partial charge in [-0.15, -0.1) is 0 Å². The maximum Gasteiger partial charge on any atom is 0.312 e. The Morgan fingerprint density at radius 3 is 2.58 bits per heavy atom. The lowest BCUT2D eigenvalue weighted by molar-refractivity contribution is 0.221. The molecule has 0 spiro atoms. The van der Waals surface area contributed by atoms with Crippen molar-refractivity contribution in [2.24, 2.45) is 5.92 Å².